The van der Waals surface area contributed by atoms with E-state index >= 15 is 0 Å². The first kappa shape index (κ1) is 15.2. The minimum atomic E-state index is -0.651. The molecule has 0 spiro atoms. The van der Waals surface area contributed by atoms with Crippen LogP contribution >= 0.6 is 0 Å². The quantitative estimate of drug-likeness (QED) is 0.436. The van der Waals surface area contributed by atoms with Crippen LogP contribution in [-0.2, 0) is 14.3 Å². The number of ether oxygens (including phenoxy) is 1. The number of carbonyl (C=O) groups excluding carboxylic acids is 2. The second kappa shape index (κ2) is 8.33. The Morgan fingerprint density at radius 2 is 2.00 bits per heavy atom. The summed E-state index contributed by atoms with van der Waals surface area (Å²) >= 11 is 0. The van der Waals surface area contributed by atoms with E-state index in [1.54, 1.807) is 12.2 Å². The summed E-state index contributed by atoms with van der Waals surface area (Å²) in [6.07, 6.45) is 7.66. The number of rotatable bonds is 6. The van der Waals surface area contributed by atoms with Gasteiger partial charge in [0.05, 0.1) is 7.11 Å². The van der Waals surface area contributed by atoms with E-state index in [4.69, 9.17) is 0 Å². The van der Waals surface area contributed by atoms with Crippen LogP contribution in [0.1, 0.15) is 20.3 Å². The number of amides is 1. The van der Waals surface area contributed by atoms with E-state index in [9.17, 15) is 9.59 Å². The zero-order valence-corrected chi connectivity index (χ0v) is 10.5. The van der Waals surface area contributed by atoms with E-state index in [0.717, 1.165) is 6.42 Å². The maximum atomic E-state index is 11.3. The van der Waals surface area contributed by atoms with Gasteiger partial charge in [-0.15, -0.1) is 0 Å². The molecule has 1 N–H and O–H groups in total. The number of nitrogens with one attached hydrogen (secondary N) is 1. The van der Waals surface area contributed by atoms with E-state index in [0.29, 0.717) is 5.92 Å². The zero-order valence-electron chi connectivity index (χ0n) is 10.5. The molecule has 0 aliphatic rings. The minimum Gasteiger partial charge on any atom is -0.464 e. The molecule has 0 aromatic heterocycles. The first-order chi connectivity index (χ1) is 7.97. The molecule has 4 heteroatoms. The zero-order chi connectivity index (χ0) is 13.3. The molecule has 0 aliphatic heterocycles. The van der Waals surface area contributed by atoms with E-state index in [1.165, 1.54) is 13.2 Å². The Morgan fingerprint density at radius 3 is 2.53 bits per heavy atom. The van der Waals surface area contributed by atoms with E-state index in [-0.39, 0.29) is 5.70 Å². The van der Waals surface area contributed by atoms with Gasteiger partial charge < -0.3 is 10.1 Å². The molecule has 0 aromatic rings. The number of allylic oxidation sites excluding steroid dienone is 3. The fourth-order valence-electron chi connectivity index (χ4n) is 0.937. The Bertz CT molecular complexity index is 341. The van der Waals surface area contributed by atoms with Crippen LogP contribution in [0.25, 0.3) is 0 Å². The van der Waals surface area contributed by atoms with Gasteiger partial charge >= 0.3 is 5.97 Å². The lowest BCUT2D eigenvalue weighted by atomic mass is 10.1. The first-order valence-electron chi connectivity index (χ1n) is 5.38. The Balaban J connectivity index is 4.02. The Hall–Kier alpha value is -1.84. The smallest absolute Gasteiger partial charge is 0.353 e. The predicted molar refractivity (Wildman–Crippen MR) is 67.0 cm³/mol. The van der Waals surface area contributed by atoms with Crippen LogP contribution in [0.2, 0.25) is 0 Å². The van der Waals surface area contributed by atoms with Crippen molar-refractivity contribution in [2.75, 3.05) is 7.11 Å². The van der Waals surface area contributed by atoms with Crippen molar-refractivity contribution in [2.24, 2.45) is 5.92 Å². The molecule has 0 unspecified atom stereocenters. The first-order valence-corrected chi connectivity index (χ1v) is 5.38. The summed E-state index contributed by atoms with van der Waals surface area (Å²) in [5.74, 6) is -0.468. The highest BCUT2D eigenvalue weighted by atomic mass is 16.5. The molecule has 0 bridgehead atoms. The largest absolute Gasteiger partial charge is 0.464 e. The lowest BCUT2D eigenvalue weighted by Gasteiger charge is -2.02. The van der Waals surface area contributed by atoms with Crippen LogP contribution < -0.4 is 5.32 Å². The molecule has 0 aromatic carbocycles. The molecule has 0 heterocycles. The lowest BCUT2D eigenvalue weighted by Crippen LogP contribution is -2.25. The third kappa shape index (κ3) is 8.02. The van der Waals surface area contributed by atoms with Crippen LogP contribution in [-0.4, -0.2) is 19.0 Å². The van der Waals surface area contributed by atoms with Crippen molar-refractivity contribution in [3.8, 4) is 0 Å². The third-order valence-electron chi connectivity index (χ3n) is 1.81. The van der Waals surface area contributed by atoms with Gasteiger partial charge in [-0.2, -0.15) is 0 Å². The summed E-state index contributed by atoms with van der Waals surface area (Å²) in [5.41, 5.74) is -0.0756. The van der Waals surface area contributed by atoms with Crippen molar-refractivity contribution < 1.29 is 14.3 Å². The fourth-order valence-corrected chi connectivity index (χ4v) is 0.937. The molecule has 4 nitrogen and oxygen atoms in total. The minimum absolute atomic E-state index is 0.0756. The van der Waals surface area contributed by atoms with Gasteiger partial charge in [0.2, 0.25) is 5.91 Å². The molecule has 0 rings (SSSR count). The van der Waals surface area contributed by atoms with Crippen LogP contribution in [0.5, 0.6) is 0 Å². The van der Waals surface area contributed by atoms with Crippen LogP contribution in [0.4, 0.5) is 0 Å². The van der Waals surface area contributed by atoms with E-state index in [1.807, 2.05) is 6.08 Å². The average molecular weight is 237 g/mol. The molecule has 0 radical (unpaired) electrons. The van der Waals surface area contributed by atoms with Gasteiger partial charge in [-0.05, 0) is 12.3 Å². The molecule has 94 valence electrons. The normalized spacial score (nSPS) is 11.1. The highest BCUT2D eigenvalue weighted by Gasteiger charge is 2.07. The van der Waals surface area contributed by atoms with Gasteiger partial charge in [-0.1, -0.05) is 38.7 Å². The molecule has 0 aliphatic carbocycles. The number of hydrogen-bond donors (Lipinski definition) is 1. The van der Waals surface area contributed by atoms with Crippen molar-refractivity contribution in [2.45, 2.75) is 20.3 Å². The maximum absolute atomic E-state index is 11.3. The molecule has 0 fully saturated rings. The topological polar surface area (TPSA) is 55.4 Å². The lowest BCUT2D eigenvalue weighted by molar-refractivity contribution is -0.137. The summed E-state index contributed by atoms with van der Waals surface area (Å²) in [7, 11) is 1.23. The number of carbonyl (C=O) groups is 2. The predicted octanol–water partition coefficient (Wildman–Crippen LogP) is 1.95. The van der Waals surface area contributed by atoms with Crippen LogP contribution in [0.15, 0.2) is 36.6 Å². The second-order valence-corrected chi connectivity index (χ2v) is 3.88. The van der Waals surface area contributed by atoms with Crippen molar-refractivity contribution in [1.29, 1.82) is 0 Å². The fraction of sp³-hybridized carbons (Fsp3) is 0.385. The van der Waals surface area contributed by atoms with Gasteiger partial charge in [0.15, 0.2) is 0 Å². The third-order valence-corrected chi connectivity index (χ3v) is 1.81. The Kier molecular flexibility index (Phi) is 7.43. The highest BCUT2D eigenvalue weighted by Crippen LogP contribution is 1.99. The van der Waals surface area contributed by atoms with Crippen molar-refractivity contribution >= 4 is 11.9 Å². The molecular formula is C13H19NO3. The summed E-state index contributed by atoms with van der Waals surface area (Å²) in [5, 5.41) is 2.30. The summed E-state index contributed by atoms with van der Waals surface area (Å²) in [6.45, 7) is 7.60. The molecule has 0 saturated heterocycles. The molecule has 1 amide bonds. The second-order valence-electron chi connectivity index (χ2n) is 3.88. The molecule has 0 atom stereocenters. The van der Waals surface area contributed by atoms with Gasteiger partial charge in [0.25, 0.3) is 0 Å². The summed E-state index contributed by atoms with van der Waals surface area (Å²) in [6, 6.07) is 0. The van der Waals surface area contributed by atoms with Gasteiger partial charge in [-0.25, -0.2) is 4.79 Å². The SMILES string of the molecule is C=C(NC(=O)/C=C/C=C\CC(C)C)C(=O)OC. The molecule has 0 saturated carbocycles. The van der Waals surface area contributed by atoms with Crippen LogP contribution in [0, 0.1) is 5.92 Å². The summed E-state index contributed by atoms with van der Waals surface area (Å²) < 4.78 is 4.39. The van der Waals surface area contributed by atoms with Crippen LogP contribution in [0.3, 0.4) is 0 Å². The average Bonchev–Trinajstić information content (AvgIpc) is 2.26. The van der Waals surface area contributed by atoms with Crippen molar-refractivity contribution in [3.05, 3.63) is 36.6 Å². The maximum Gasteiger partial charge on any atom is 0.353 e. The Labute approximate surface area is 102 Å². The van der Waals surface area contributed by atoms with Crippen molar-refractivity contribution in [3.63, 3.8) is 0 Å². The number of hydrogen-bond acceptors (Lipinski definition) is 3. The Morgan fingerprint density at radius 1 is 1.35 bits per heavy atom. The van der Waals surface area contributed by atoms with Crippen molar-refractivity contribution in [1.82, 2.24) is 5.32 Å². The van der Waals surface area contributed by atoms with Gasteiger partial charge in [-0.3, -0.25) is 4.79 Å². The molecule has 17 heavy (non-hydrogen) atoms. The number of methoxy groups -OCH3 is 1. The van der Waals surface area contributed by atoms with Gasteiger partial charge in [0.1, 0.15) is 5.70 Å². The number of esters is 1. The van der Waals surface area contributed by atoms with E-state index < -0.39 is 11.9 Å². The standard InChI is InChI=1S/C13H19NO3/c1-10(2)8-6-5-7-9-12(15)14-11(3)13(16)17-4/h5-7,9-10H,3,8H2,1-2,4H3,(H,14,15)/b6-5-,9-7+. The van der Waals surface area contributed by atoms with Gasteiger partial charge in [0, 0.05) is 6.08 Å². The monoisotopic (exact) mass is 237 g/mol. The highest BCUT2D eigenvalue weighted by molar-refractivity contribution is 5.97. The molecular weight excluding hydrogens is 218 g/mol. The van der Waals surface area contributed by atoms with E-state index in [2.05, 4.69) is 30.5 Å². The summed E-state index contributed by atoms with van der Waals surface area (Å²) in [4.78, 5) is 22.2.